The predicted molar refractivity (Wildman–Crippen MR) is 90.1 cm³/mol. The van der Waals surface area contributed by atoms with Crippen molar-refractivity contribution in [1.29, 1.82) is 0 Å². The van der Waals surface area contributed by atoms with Crippen LogP contribution in [0.5, 0.6) is 0 Å². The number of carbonyl (C=O) groups excluding carboxylic acids is 2. The van der Waals surface area contributed by atoms with Crippen LogP contribution in [0.15, 0.2) is 0 Å². The summed E-state index contributed by atoms with van der Waals surface area (Å²) in [6, 6.07) is -0.461. The van der Waals surface area contributed by atoms with Crippen LogP contribution in [0.2, 0.25) is 0 Å². The number of hydrogen-bond acceptors (Lipinski definition) is 4. The fraction of sp³-hybridized carbons (Fsp3) is 0.882. The summed E-state index contributed by atoms with van der Waals surface area (Å²) < 4.78 is 10.8. The fourth-order valence-corrected chi connectivity index (χ4v) is 2.21. The second-order valence-corrected chi connectivity index (χ2v) is 6.30. The highest BCUT2D eigenvalue weighted by molar-refractivity contribution is 5.88. The maximum atomic E-state index is 12.6. The highest BCUT2D eigenvalue weighted by Gasteiger charge is 2.31. The van der Waals surface area contributed by atoms with E-state index in [9.17, 15) is 9.59 Å². The maximum absolute atomic E-state index is 12.6. The van der Waals surface area contributed by atoms with Crippen LogP contribution in [0, 0.1) is 5.92 Å². The van der Waals surface area contributed by atoms with Gasteiger partial charge in [0.25, 0.3) is 0 Å². The van der Waals surface area contributed by atoms with E-state index in [0.29, 0.717) is 26.2 Å². The van der Waals surface area contributed by atoms with Crippen molar-refractivity contribution in [3.05, 3.63) is 0 Å². The lowest BCUT2D eigenvalue weighted by atomic mass is 9.96. The van der Waals surface area contributed by atoms with Crippen molar-refractivity contribution in [3.63, 3.8) is 0 Å². The molecule has 136 valence electrons. The van der Waals surface area contributed by atoms with Gasteiger partial charge < -0.3 is 15.2 Å². The van der Waals surface area contributed by atoms with Crippen molar-refractivity contribution in [2.75, 3.05) is 26.3 Å². The number of amides is 1. The summed E-state index contributed by atoms with van der Waals surface area (Å²) in [6.45, 7) is 11.4. The summed E-state index contributed by atoms with van der Waals surface area (Å²) in [5.41, 5.74) is 3.83. The van der Waals surface area contributed by atoms with Crippen molar-refractivity contribution in [2.24, 2.45) is 5.92 Å². The van der Waals surface area contributed by atoms with Crippen LogP contribution in [0.1, 0.15) is 53.9 Å². The second kappa shape index (κ2) is 12.3. The molecule has 6 nitrogen and oxygen atoms in total. The molecule has 0 heterocycles. The molecule has 3 N–H and O–H groups in total. The third kappa shape index (κ3) is 8.91. The van der Waals surface area contributed by atoms with Crippen LogP contribution in [-0.4, -0.2) is 55.2 Å². The van der Waals surface area contributed by atoms with Crippen LogP contribution < -0.4 is 5.73 Å². The van der Waals surface area contributed by atoms with Crippen molar-refractivity contribution in [2.45, 2.75) is 66.0 Å². The lowest BCUT2D eigenvalue weighted by Crippen LogP contribution is -2.52. The molecule has 23 heavy (non-hydrogen) atoms. The number of carbonyl (C=O) groups is 2. The molecule has 0 aromatic carbocycles. The lowest BCUT2D eigenvalue weighted by molar-refractivity contribution is -0.368. The first-order valence-electron chi connectivity index (χ1n) is 8.73. The van der Waals surface area contributed by atoms with E-state index in [4.69, 9.17) is 9.47 Å². The molecule has 0 saturated heterocycles. The zero-order chi connectivity index (χ0) is 17.8. The fourth-order valence-electron chi connectivity index (χ4n) is 2.21. The normalized spacial score (nSPS) is 12.5. The Morgan fingerprint density at radius 2 is 1.78 bits per heavy atom. The predicted octanol–water partition coefficient (Wildman–Crippen LogP) is 1.88. The van der Waals surface area contributed by atoms with E-state index in [0.717, 1.165) is 19.4 Å². The van der Waals surface area contributed by atoms with E-state index in [2.05, 4.69) is 5.73 Å². The molecule has 0 rings (SSSR count). The zero-order valence-electron chi connectivity index (χ0n) is 15.5. The third-order valence-electron chi connectivity index (χ3n) is 3.45. The Kier molecular flexibility index (Phi) is 11.7. The Labute approximate surface area is 140 Å². The van der Waals surface area contributed by atoms with Gasteiger partial charge >= 0.3 is 6.09 Å². The van der Waals surface area contributed by atoms with E-state index in [1.54, 1.807) is 0 Å². The molecule has 6 heteroatoms. The van der Waals surface area contributed by atoms with Crippen molar-refractivity contribution >= 4 is 11.9 Å². The molecule has 0 spiro atoms. The molecule has 0 aromatic heterocycles. The van der Waals surface area contributed by atoms with Crippen LogP contribution >= 0.6 is 0 Å². The Morgan fingerprint density at radius 3 is 2.26 bits per heavy atom. The topological polar surface area (TPSA) is 83.5 Å². The quantitative estimate of drug-likeness (QED) is 0.592. The molecule has 1 amide bonds. The number of ether oxygens (including phenoxy) is 2. The van der Waals surface area contributed by atoms with Crippen LogP contribution in [0.4, 0.5) is 4.79 Å². The molecule has 0 aliphatic carbocycles. The Morgan fingerprint density at radius 1 is 1.13 bits per heavy atom. The maximum Gasteiger partial charge on any atom is 0.410 e. The molecule has 1 atom stereocenters. The minimum Gasteiger partial charge on any atom is -0.449 e. The van der Waals surface area contributed by atoms with Gasteiger partial charge in [-0.15, -0.1) is 0 Å². The van der Waals surface area contributed by atoms with Gasteiger partial charge in [-0.25, -0.2) is 4.79 Å². The molecule has 0 radical (unpaired) electrons. The van der Waals surface area contributed by atoms with E-state index >= 15 is 0 Å². The minimum atomic E-state index is -0.461. The van der Waals surface area contributed by atoms with Crippen molar-refractivity contribution in [3.8, 4) is 0 Å². The van der Waals surface area contributed by atoms with Gasteiger partial charge in [-0.2, -0.15) is 0 Å². The van der Waals surface area contributed by atoms with E-state index in [-0.39, 0.29) is 17.8 Å². The molecule has 0 aliphatic heterocycles. The monoisotopic (exact) mass is 331 g/mol. The van der Waals surface area contributed by atoms with Gasteiger partial charge in [0.2, 0.25) is 0 Å². The van der Waals surface area contributed by atoms with Crippen LogP contribution in [0.3, 0.4) is 0 Å². The number of Topliss-reactive ketones (excluding diaryl/α,β-unsaturated/α-hetero) is 1. The van der Waals surface area contributed by atoms with Gasteiger partial charge in [-0.05, 0) is 33.1 Å². The van der Waals surface area contributed by atoms with E-state index in [1.807, 2.05) is 34.6 Å². The zero-order valence-corrected chi connectivity index (χ0v) is 15.5. The molecular weight excluding hydrogens is 296 g/mol. The van der Waals surface area contributed by atoms with Crippen LogP contribution in [0.25, 0.3) is 0 Å². The average molecular weight is 331 g/mol. The summed E-state index contributed by atoms with van der Waals surface area (Å²) in [5.74, 6) is -0.0613. The molecule has 0 unspecified atom stereocenters. The highest BCUT2D eigenvalue weighted by atomic mass is 16.6. The first-order chi connectivity index (χ1) is 10.8. The van der Waals surface area contributed by atoms with Gasteiger partial charge in [-0.1, -0.05) is 20.8 Å². The number of ketones is 1. The van der Waals surface area contributed by atoms with Gasteiger partial charge in [0.05, 0.1) is 31.9 Å². The molecule has 0 aromatic rings. The smallest absolute Gasteiger partial charge is 0.410 e. The van der Waals surface area contributed by atoms with E-state index < -0.39 is 12.1 Å². The summed E-state index contributed by atoms with van der Waals surface area (Å²) in [5, 5.41) is 0. The number of hydrogen-bond donors (Lipinski definition) is 1. The molecule has 0 fully saturated rings. The van der Waals surface area contributed by atoms with Crippen LogP contribution in [-0.2, 0) is 14.3 Å². The van der Waals surface area contributed by atoms with Crippen molar-refractivity contribution < 1.29 is 24.8 Å². The summed E-state index contributed by atoms with van der Waals surface area (Å²) >= 11 is 0. The first-order valence-corrected chi connectivity index (χ1v) is 8.73. The molecule has 0 saturated carbocycles. The van der Waals surface area contributed by atoms with E-state index in [1.165, 1.54) is 4.90 Å². The Bertz CT molecular complexity index is 345. The van der Waals surface area contributed by atoms with Crippen molar-refractivity contribution in [1.82, 2.24) is 4.90 Å². The standard InChI is InChI=1S/C17H34N2O4/c1-6-11-23-17(21)19(10-12-22-14(4)5)15(8-7-9-18)16(20)13(2)3/h13-15H,6-12,18H2,1-5H3/p+1/t15-/m0/s1. The van der Waals surface area contributed by atoms with Gasteiger partial charge in [0.15, 0.2) is 5.78 Å². The average Bonchev–Trinajstić information content (AvgIpc) is 2.50. The molecule has 0 bridgehead atoms. The number of quaternary nitrogens is 1. The number of rotatable bonds is 12. The minimum absolute atomic E-state index is 0.0662. The van der Waals surface area contributed by atoms with Gasteiger partial charge in [0, 0.05) is 12.5 Å². The lowest BCUT2D eigenvalue weighted by Gasteiger charge is -2.31. The largest absolute Gasteiger partial charge is 0.449 e. The van der Waals surface area contributed by atoms with Gasteiger partial charge in [0.1, 0.15) is 0 Å². The SMILES string of the molecule is CCCOC(=O)N(CCOC(C)C)[C@@H](CCC[NH3+])C(=O)C(C)C. The third-order valence-corrected chi connectivity index (χ3v) is 3.45. The molecule has 0 aliphatic rings. The molecular formula is C17H35N2O4+. The highest BCUT2D eigenvalue weighted by Crippen LogP contribution is 2.15. The van der Waals surface area contributed by atoms with Gasteiger partial charge in [-0.3, -0.25) is 9.69 Å². The summed E-state index contributed by atoms with van der Waals surface area (Å²) in [4.78, 5) is 26.5. The summed E-state index contributed by atoms with van der Waals surface area (Å²) in [7, 11) is 0. The second-order valence-electron chi connectivity index (χ2n) is 6.30. The first kappa shape index (κ1) is 21.9. The number of nitrogens with zero attached hydrogens (tertiary/aromatic N) is 1. The Balaban J connectivity index is 5.09. The summed E-state index contributed by atoms with van der Waals surface area (Å²) in [6.07, 6.45) is 1.82. The Hall–Kier alpha value is -1.14.